The number of aryl methyl sites for hydroxylation is 1. The van der Waals surface area contributed by atoms with E-state index in [2.05, 4.69) is 40.7 Å². The number of hydrogen-bond acceptors (Lipinski definition) is 2. The Morgan fingerprint density at radius 1 is 1.00 bits per heavy atom. The molecule has 4 aromatic rings. The SMILES string of the molecule is CCc1ccc2oc(-c3cccc(-n4cccc4)c3)nc2c1. The van der Waals surface area contributed by atoms with Crippen molar-refractivity contribution in [3.8, 4) is 17.1 Å². The Bertz CT molecular complexity index is 920. The van der Waals surface area contributed by atoms with Crippen molar-refractivity contribution >= 4 is 11.1 Å². The fourth-order valence-corrected chi connectivity index (χ4v) is 2.62. The van der Waals surface area contributed by atoms with Crippen LogP contribution in [0.4, 0.5) is 0 Å². The van der Waals surface area contributed by atoms with Crippen LogP contribution in [0.5, 0.6) is 0 Å². The fraction of sp³-hybridized carbons (Fsp3) is 0.105. The molecule has 0 unspecified atom stereocenters. The van der Waals surface area contributed by atoms with Gasteiger partial charge in [-0.05, 0) is 54.4 Å². The summed E-state index contributed by atoms with van der Waals surface area (Å²) < 4.78 is 7.98. The highest BCUT2D eigenvalue weighted by atomic mass is 16.3. The summed E-state index contributed by atoms with van der Waals surface area (Å²) in [6.45, 7) is 2.14. The van der Waals surface area contributed by atoms with E-state index < -0.39 is 0 Å². The van der Waals surface area contributed by atoms with E-state index in [0.717, 1.165) is 28.8 Å². The third-order valence-electron chi connectivity index (χ3n) is 3.86. The molecule has 22 heavy (non-hydrogen) atoms. The standard InChI is InChI=1S/C19H16N2O/c1-2-14-8-9-18-17(12-14)20-19(22-18)15-6-5-7-16(13-15)21-10-3-4-11-21/h3-13H,2H2,1H3. The second-order valence-electron chi connectivity index (χ2n) is 5.32. The molecule has 108 valence electrons. The third kappa shape index (κ3) is 2.21. The molecule has 0 atom stereocenters. The maximum Gasteiger partial charge on any atom is 0.227 e. The molecule has 2 aromatic heterocycles. The van der Waals surface area contributed by atoms with Crippen LogP contribution in [0.15, 0.2) is 71.4 Å². The molecule has 2 heterocycles. The lowest BCUT2D eigenvalue weighted by Crippen LogP contribution is -1.89. The van der Waals surface area contributed by atoms with E-state index in [0.29, 0.717) is 5.89 Å². The molecule has 3 heteroatoms. The first kappa shape index (κ1) is 12.9. The van der Waals surface area contributed by atoms with E-state index in [9.17, 15) is 0 Å². The van der Waals surface area contributed by atoms with E-state index in [-0.39, 0.29) is 0 Å². The minimum Gasteiger partial charge on any atom is -0.436 e. The van der Waals surface area contributed by atoms with Crippen LogP contribution in [0.2, 0.25) is 0 Å². The van der Waals surface area contributed by atoms with Gasteiger partial charge in [0.1, 0.15) is 5.52 Å². The average molecular weight is 288 g/mol. The maximum atomic E-state index is 5.91. The van der Waals surface area contributed by atoms with Crippen LogP contribution >= 0.6 is 0 Å². The highest BCUT2D eigenvalue weighted by Crippen LogP contribution is 2.26. The van der Waals surface area contributed by atoms with Gasteiger partial charge in [0.2, 0.25) is 5.89 Å². The van der Waals surface area contributed by atoms with Gasteiger partial charge in [-0.3, -0.25) is 0 Å². The van der Waals surface area contributed by atoms with Crippen LogP contribution in [-0.4, -0.2) is 9.55 Å². The molecular weight excluding hydrogens is 272 g/mol. The van der Waals surface area contributed by atoms with Crippen LogP contribution in [0.25, 0.3) is 28.2 Å². The lowest BCUT2D eigenvalue weighted by molar-refractivity contribution is 0.619. The highest BCUT2D eigenvalue weighted by molar-refractivity contribution is 5.77. The monoisotopic (exact) mass is 288 g/mol. The number of hydrogen-bond donors (Lipinski definition) is 0. The first-order chi connectivity index (χ1) is 10.8. The summed E-state index contributed by atoms with van der Waals surface area (Å²) in [5.41, 5.74) is 5.10. The molecule has 0 spiro atoms. The van der Waals surface area contributed by atoms with Crippen LogP contribution in [-0.2, 0) is 6.42 Å². The molecular formula is C19H16N2O. The van der Waals surface area contributed by atoms with Gasteiger partial charge in [-0.15, -0.1) is 0 Å². The summed E-state index contributed by atoms with van der Waals surface area (Å²) in [6.07, 6.45) is 5.05. The van der Waals surface area contributed by atoms with Gasteiger partial charge < -0.3 is 8.98 Å². The Hall–Kier alpha value is -2.81. The topological polar surface area (TPSA) is 31.0 Å². The Kier molecular flexibility index (Phi) is 3.04. The van der Waals surface area contributed by atoms with Gasteiger partial charge in [0, 0.05) is 23.6 Å². The highest BCUT2D eigenvalue weighted by Gasteiger charge is 2.09. The Balaban J connectivity index is 1.80. The van der Waals surface area contributed by atoms with Gasteiger partial charge in [-0.25, -0.2) is 4.98 Å². The van der Waals surface area contributed by atoms with Crippen LogP contribution in [0.3, 0.4) is 0 Å². The number of rotatable bonds is 3. The number of nitrogens with zero attached hydrogens (tertiary/aromatic N) is 2. The lowest BCUT2D eigenvalue weighted by atomic mass is 10.1. The summed E-state index contributed by atoms with van der Waals surface area (Å²) in [6, 6.07) is 18.4. The number of fused-ring (bicyclic) bond motifs is 1. The average Bonchev–Trinajstić information content (AvgIpc) is 3.23. The molecule has 0 bridgehead atoms. The molecule has 0 fully saturated rings. The zero-order valence-electron chi connectivity index (χ0n) is 12.4. The maximum absolute atomic E-state index is 5.91. The van der Waals surface area contributed by atoms with E-state index in [1.54, 1.807) is 0 Å². The zero-order valence-corrected chi connectivity index (χ0v) is 12.4. The normalized spacial score (nSPS) is 11.1. The van der Waals surface area contributed by atoms with E-state index >= 15 is 0 Å². The van der Waals surface area contributed by atoms with Crippen LogP contribution < -0.4 is 0 Å². The summed E-state index contributed by atoms with van der Waals surface area (Å²) in [5, 5.41) is 0. The van der Waals surface area contributed by atoms with Gasteiger partial charge in [0.05, 0.1) is 0 Å². The van der Waals surface area contributed by atoms with Crippen molar-refractivity contribution in [2.24, 2.45) is 0 Å². The van der Waals surface area contributed by atoms with Crippen molar-refractivity contribution < 1.29 is 4.42 Å². The van der Waals surface area contributed by atoms with Gasteiger partial charge in [0.15, 0.2) is 5.58 Å². The molecule has 0 amide bonds. The summed E-state index contributed by atoms with van der Waals surface area (Å²) >= 11 is 0. The molecule has 0 saturated carbocycles. The molecule has 0 aliphatic rings. The molecule has 3 nitrogen and oxygen atoms in total. The molecule has 0 saturated heterocycles. The van der Waals surface area contributed by atoms with Gasteiger partial charge in [0.25, 0.3) is 0 Å². The quantitative estimate of drug-likeness (QED) is 0.539. The molecule has 0 radical (unpaired) electrons. The van der Waals surface area contributed by atoms with Crippen LogP contribution in [0, 0.1) is 0 Å². The summed E-state index contributed by atoms with van der Waals surface area (Å²) in [5.74, 6) is 0.664. The largest absolute Gasteiger partial charge is 0.436 e. The Morgan fingerprint density at radius 2 is 1.86 bits per heavy atom. The van der Waals surface area contributed by atoms with Crippen molar-refractivity contribution in [1.29, 1.82) is 0 Å². The number of benzene rings is 2. The Morgan fingerprint density at radius 3 is 2.68 bits per heavy atom. The van der Waals surface area contributed by atoms with E-state index in [1.807, 2.05) is 42.7 Å². The third-order valence-corrected chi connectivity index (χ3v) is 3.86. The van der Waals surface area contributed by atoms with Gasteiger partial charge >= 0.3 is 0 Å². The van der Waals surface area contributed by atoms with Gasteiger partial charge in [-0.2, -0.15) is 0 Å². The van der Waals surface area contributed by atoms with Gasteiger partial charge in [-0.1, -0.05) is 19.1 Å². The smallest absolute Gasteiger partial charge is 0.227 e. The van der Waals surface area contributed by atoms with Crippen molar-refractivity contribution in [2.45, 2.75) is 13.3 Å². The molecule has 0 aliphatic heterocycles. The minimum absolute atomic E-state index is 0.664. The molecule has 0 N–H and O–H groups in total. The van der Waals surface area contributed by atoms with Crippen molar-refractivity contribution in [3.05, 3.63) is 72.6 Å². The van der Waals surface area contributed by atoms with E-state index in [4.69, 9.17) is 4.42 Å². The van der Waals surface area contributed by atoms with E-state index in [1.165, 1.54) is 5.56 Å². The zero-order chi connectivity index (χ0) is 14.9. The van der Waals surface area contributed by atoms with Crippen molar-refractivity contribution in [2.75, 3.05) is 0 Å². The van der Waals surface area contributed by atoms with Crippen molar-refractivity contribution in [1.82, 2.24) is 9.55 Å². The number of oxazole rings is 1. The number of aromatic nitrogens is 2. The second kappa shape index (κ2) is 5.19. The lowest BCUT2D eigenvalue weighted by Gasteiger charge is -2.03. The van der Waals surface area contributed by atoms with Crippen LogP contribution in [0.1, 0.15) is 12.5 Å². The molecule has 4 rings (SSSR count). The first-order valence-corrected chi connectivity index (χ1v) is 7.47. The molecule has 0 aliphatic carbocycles. The second-order valence-corrected chi connectivity index (χ2v) is 5.32. The van der Waals surface area contributed by atoms with Crippen molar-refractivity contribution in [3.63, 3.8) is 0 Å². The minimum atomic E-state index is 0.664. The predicted octanol–water partition coefficient (Wildman–Crippen LogP) is 4.85. The first-order valence-electron chi connectivity index (χ1n) is 7.47. The summed E-state index contributed by atoms with van der Waals surface area (Å²) in [4.78, 5) is 4.64. The Labute approximate surface area is 128 Å². The molecule has 2 aromatic carbocycles. The predicted molar refractivity (Wildman–Crippen MR) is 88.2 cm³/mol. The fourth-order valence-electron chi connectivity index (χ4n) is 2.62. The summed E-state index contributed by atoms with van der Waals surface area (Å²) in [7, 11) is 0.